The molecule has 0 heterocycles. The van der Waals surface area contributed by atoms with Gasteiger partial charge in [-0.2, -0.15) is 0 Å². The van der Waals surface area contributed by atoms with E-state index in [0.717, 1.165) is 16.1 Å². The topological polar surface area (TPSA) is 35.2 Å². The Labute approximate surface area is 124 Å². The summed E-state index contributed by atoms with van der Waals surface area (Å²) in [5.74, 6) is -1.06. The minimum absolute atomic E-state index is 0.358. The van der Waals surface area contributed by atoms with Crippen molar-refractivity contribution in [2.75, 3.05) is 7.11 Å². The highest BCUT2D eigenvalue weighted by atomic mass is 79.9. The lowest BCUT2D eigenvalue weighted by atomic mass is 9.99. The normalized spacial score (nSPS) is 12.2. The van der Waals surface area contributed by atoms with Crippen LogP contribution in [-0.4, -0.2) is 7.11 Å². The van der Waals surface area contributed by atoms with Crippen molar-refractivity contribution in [1.82, 2.24) is 0 Å². The van der Waals surface area contributed by atoms with E-state index in [1.807, 2.05) is 18.2 Å². The number of methoxy groups -OCH3 is 1. The van der Waals surface area contributed by atoms with E-state index in [9.17, 15) is 8.78 Å². The molecule has 0 radical (unpaired) electrons. The van der Waals surface area contributed by atoms with E-state index in [1.54, 1.807) is 7.11 Å². The fourth-order valence-electron chi connectivity index (χ4n) is 2.02. The van der Waals surface area contributed by atoms with Gasteiger partial charge in [0.15, 0.2) is 11.6 Å². The molecule has 0 saturated carbocycles. The first-order chi connectivity index (χ1) is 9.51. The first kappa shape index (κ1) is 14.9. The minimum atomic E-state index is -0.863. The third kappa shape index (κ3) is 3.35. The standard InChI is InChI=1S/C15H14BrF2NO/c1-20-15-8-10(16)3-4-11(15)14(19)7-9-2-5-12(17)13(18)6-9/h2-6,8,14H,7,19H2,1H3. The van der Waals surface area contributed by atoms with Crippen molar-refractivity contribution >= 4 is 15.9 Å². The van der Waals surface area contributed by atoms with E-state index in [-0.39, 0.29) is 6.04 Å². The number of rotatable bonds is 4. The molecule has 1 atom stereocenters. The summed E-state index contributed by atoms with van der Waals surface area (Å²) in [6.07, 6.45) is 0.398. The van der Waals surface area contributed by atoms with Gasteiger partial charge in [-0.15, -0.1) is 0 Å². The van der Waals surface area contributed by atoms with Gasteiger partial charge in [0.25, 0.3) is 0 Å². The van der Waals surface area contributed by atoms with E-state index in [2.05, 4.69) is 15.9 Å². The molecule has 0 bridgehead atoms. The van der Waals surface area contributed by atoms with Crippen LogP contribution in [0.3, 0.4) is 0 Å². The molecule has 0 fully saturated rings. The lowest BCUT2D eigenvalue weighted by molar-refractivity contribution is 0.405. The highest BCUT2D eigenvalue weighted by Crippen LogP contribution is 2.29. The van der Waals surface area contributed by atoms with Crippen LogP contribution in [0, 0.1) is 11.6 Å². The summed E-state index contributed by atoms with van der Waals surface area (Å²) in [4.78, 5) is 0. The minimum Gasteiger partial charge on any atom is -0.496 e. The summed E-state index contributed by atoms with van der Waals surface area (Å²) in [5.41, 5.74) is 7.59. The lowest BCUT2D eigenvalue weighted by Crippen LogP contribution is -2.14. The molecule has 2 rings (SSSR count). The maximum absolute atomic E-state index is 13.2. The van der Waals surface area contributed by atoms with Crippen LogP contribution in [-0.2, 0) is 6.42 Å². The Morgan fingerprint density at radius 2 is 1.90 bits per heavy atom. The average Bonchev–Trinajstić information content (AvgIpc) is 2.42. The first-order valence-corrected chi connectivity index (χ1v) is 6.83. The average molecular weight is 342 g/mol. The molecule has 20 heavy (non-hydrogen) atoms. The van der Waals surface area contributed by atoms with Crippen LogP contribution in [0.15, 0.2) is 40.9 Å². The predicted octanol–water partition coefficient (Wildman–Crippen LogP) is 3.98. The smallest absolute Gasteiger partial charge is 0.159 e. The van der Waals surface area contributed by atoms with Crippen molar-refractivity contribution in [2.24, 2.45) is 5.73 Å². The second kappa shape index (κ2) is 6.33. The monoisotopic (exact) mass is 341 g/mol. The quantitative estimate of drug-likeness (QED) is 0.912. The van der Waals surface area contributed by atoms with Crippen LogP contribution in [0.4, 0.5) is 8.78 Å². The Morgan fingerprint density at radius 3 is 2.55 bits per heavy atom. The molecule has 0 saturated heterocycles. The fourth-order valence-corrected chi connectivity index (χ4v) is 2.36. The third-order valence-electron chi connectivity index (χ3n) is 3.03. The number of halogens is 3. The van der Waals surface area contributed by atoms with Crippen LogP contribution >= 0.6 is 15.9 Å². The number of benzene rings is 2. The largest absolute Gasteiger partial charge is 0.496 e. The summed E-state index contributed by atoms with van der Waals surface area (Å²) in [5, 5.41) is 0. The molecule has 0 aromatic heterocycles. The van der Waals surface area contributed by atoms with Gasteiger partial charge in [0, 0.05) is 16.1 Å². The third-order valence-corrected chi connectivity index (χ3v) is 3.53. The van der Waals surface area contributed by atoms with Crippen molar-refractivity contribution in [3.05, 3.63) is 63.6 Å². The van der Waals surface area contributed by atoms with Gasteiger partial charge in [-0.05, 0) is 36.2 Å². The zero-order valence-electron chi connectivity index (χ0n) is 10.9. The Hall–Kier alpha value is -1.46. The Kier molecular flexibility index (Phi) is 4.73. The molecule has 2 aromatic rings. The van der Waals surface area contributed by atoms with E-state index < -0.39 is 11.6 Å². The molecular weight excluding hydrogens is 328 g/mol. The van der Waals surface area contributed by atoms with Gasteiger partial charge in [-0.25, -0.2) is 8.78 Å². The molecule has 0 amide bonds. The van der Waals surface area contributed by atoms with Gasteiger partial charge in [0.05, 0.1) is 7.11 Å². The molecule has 2 N–H and O–H groups in total. The van der Waals surface area contributed by atoms with Crippen LogP contribution in [0.1, 0.15) is 17.2 Å². The first-order valence-electron chi connectivity index (χ1n) is 6.04. The second-order valence-electron chi connectivity index (χ2n) is 4.45. The highest BCUT2D eigenvalue weighted by Gasteiger charge is 2.14. The van der Waals surface area contributed by atoms with E-state index in [0.29, 0.717) is 17.7 Å². The van der Waals surface area contributed by atoms with Crippen molar-refractivity contribution in [1.29, 1.82) is 0 Å². The SMILES string of the molecule is COc1cc(Br)ccc1C(N)Cc1ccc(F)c(F)c1. The molecule has 2 aromatic carbocycles. The van der Waals surface area contributed by atoms with Crippen molar-refractivity contribution in [3.8, 4) is 5.75 Å². The summed E-state index contributed by atoms with van der Waals surface area (Å²) >= 11 is 3.36. The van der Waals surface area contributed by atoms with Crippen LogP contribution in [0.25, 0.3) is 0 Å². The number of hydrogen-bond donors (Lipinski definition) is 1. The summed E-state index contributed by atoms with van der Waals surface area (Å²) in [6.45, 7) is 0. The van der Waals surface area contributed by atoms with E-state index in [4.69, 9.17) is 10.5 Å². The summed E-state index contributed by atoms with van der Waals surface area (Å²) < 4.78 is 32.2. The van der Waals surface area contributed by atoms with Gasteiger partial charge in [0.1, 0.15) is 5.75 Å². The van der Waals surface area contributed by atoms with Crippen LogP contribution in [0.2, 0.25) is 0 Å². The number of hydrogen-bond acceptors (Lipinski definition) is 2. The Bertz CT molecular complexity index is 619. The van der Waals surface area contributed by atoms with Crippen LogP contribution < -0.4 is 10.5 Å². The maximum Gasteiger partial charge on any atom is 0.159 e. The molecule has 106 valence electrons. The number of ether oxygens (including phenoxy) is 1. The molecule has 0 aliphatic rings. The molecule has 2 nitrogen and oxygen atoms in total. The molecule has 0 aliphatic heterocycles. The van der Waals surface area contributed by atoms with Crippen molar-refractivity contribution in [2.45, 2.75) is 12.5 Å². The van der Waals surface area contributed by atoms with Crippen molar-refractivity contribution in [3.63, 3.8) is 0 Å². The summed E-state index contributed by atoms with van der Waals surface area (Å²) in [7, 11) is 1.57. The van der Waals surface area contributed by atoms with Gasteiger partial charge < -0.3 is 10.5 Å². The zero-order valence-corrected chi connectivity index (χ0v) is 12.5. The van der Waals surface area contributed by atoms with Gasteiger partial charge in [-0.1, -0.05) is 28.1 Å². The molecular formula is C15H14BrF2NO. The Morgan fingerprint density at radius 1 is 1.15 bits per heavy atom. The molecule has 5 heteroatoms. The van der Waals surface area contributed by atoms with Gasteiger partial charge in [-0.3, -0.25) is 0 Å². The van der Waals surface area contributed by atoms with Crippen molar-refractivity contribution < 1.29 is 13.5 Å². The Balaban J connectivity index is 2.23. The molecule has 0 aliphatic carbocycles. The molecule has 0 spiro atoms. The number of nitrogens with two attached hydrogens (primary N) is 1. The fraction of sp³-hybridized carbons (Fsp3) is 0.200. The second-order valence-corrected chi connectivity index (χ2v) is 5.36. The predicted molar refractivity (Wildman–Crippen MR) is 77.7 cm³/mol. The van der Waals surface area contributed by atoms with E-state index in [1.165, 1.54) is 12.1 Å². The molecule has 1 unspecified atom stereocenters. The van der Waals surface area contributed by atoms with Gasteiger partial charge in [0.2, 0.25) is 0 Å². The highest BCUT2D eigenvalue weighted by molar-refractivity contribution is 9.10. The maximum atomic E-state index is 13.2. The zero-order chi connectivity index (χ0) is 14.7. The summed E-state index contributed by atoms with van der Waals surface area (Å²) in [6, 6.07) is 8.99. The van der Waals surface area contributed by atoms with E-state index >= 15 is 0 Å². The lowest BCUT2D eigenvalue weighted by Gasteiger charge is -2.16. The van der Waals surface area contributed by atoms with Crippen LogP contribution in [0.5, 0.6) is 5.75 Å². The van der Waals surface area contributed by atoms with Gasteiger partial charge >= 0.3 is 0 Å².